The molecule has 0 aliphatic carbocycles. The van der Waals surface area contributed by atoms with Crippen LogP contribution >= 0.6 is 0 Å². The van der Waals surface area contributed by atoms with Gasteiger partial charge >= 0.3 is 11.9 Å². The van der Waals surface area contributed by atoms with Crippen molar-refractivity contribution in [1.29, 1.82) is 0 Å². The van der Waals surface area contributed by atoms with E-state index in [1.807, 2.05) is 19.9 Å². The number of nitrogens with one attached hydrogen (secondary N) is 1. The van der Waals surface area contributed by atoms with Crippen molar-refractivity contribution in [3.8, 4) is 5.75 Å². The Bertz CT molecular complexity index is 1100. The van der Waals surface area contributed by atoms with Gasteiger partial charge in [-0.15, -0.1) is 0 Å². The number of rotatable bonds is 6. The quantitative estimate of drug-likeness (QED) is 0.318. The van der Waals surface area contributed by atoms with E-state index in [9.17, 15) is 35.1 Å². The van der Waals surface area contributed by atoms with Gasteiger partial charge in [-0.3, -0.25) is 4.79 Å². The van der Waals surface area contributed by atoms with Crippen LogP contribution in [-0.2, 0) is 42.2 Å². The molecule has 34 heavy (non-hydrogen) atoms. The number of carboxylic acid groups (broad SMARTS) is 1. The van der Waals surface area contributed by atoms with E-state index in [1.165, 1.54) is 0 Å². The van der Waals surface area contributed by atoms with Crippen LogP contribution in [0.2, 0.25) is 0 Å². The molecule has 2 aliphatic rings. The number of hydrogen-bond donors (Lipinski definition) is 6. The highest BCUT2D eigenvalue weighted by atomic mass is 16.7. The second-order valence-corrected chi connectivity index (χ2v) is 8.67. The third-order valence-corrected chi connectivity index (χ3v) is 6.77. The molecule has 4 rings (SSSR count). The Morgan fingerprint density at radius 1 is 1.18 bits per heavy atom. The first-order valence-electron chi connectivity index (χ1n) is 11.2. The van der Waals surface area contributed by atoms with Crippen LogP contribution in [0.25, 0.3) is 10.9 Å². The summed E-state index contributed by atoms with van der Waals surface area (Å²) < 4.78 is 16.3. The fourth-order valence-corrected chi connectivity index (χ4v) is 4.89. The number of aliphatic carboxylic acids is 1. The van der Waals surface area contributed by atoms with Gasteiger partial charge in [-0.2, -0.15) is 0 Å². The number of fused-ring (bicyclic) bond motifs is 3. The Balaban J connectivity index is 1.62. The number of aromatic nitrogens is 1. The number of H-pyrrole nitrogens is 1. The zero-order valence-electron chi connectivity index (χ0n) is 18.9. The summed E-state index contributed by atoms with van der Waals surface area (Å²) in [7, 11) is 0. The number of aryl methyl sites for hydroxylation is 1. The summed E-state index contributed by atoms with van der Waals surface area (Å²) in [6.45, 7) is 4.12. The lowest BCUT2D eigenvalue weighted by atomic mass is 9.86. The number of esters is 1. The Labute approximate surface area is 194 Å². The molecule has 3 heterocycles. The van der Waals surface area contributed by atoms with Crippen LogP contribution in [0.1, 0.15) is 43.5 Å². The molecule has 11 heteroatoms. The van der Waals surface area contributed by atoms with E-state index in [4.69, 9.17) is 14.2 Å². The number of hydrogen-bond acceptors (Lipinski definition) is 9. The number of aliphatic hydroxyl groups is 3. The molecule has 0 saturated carbocycles. The lowest BCUT2D eigenvalue weighted by molar-refractivity contribution is -0.287. The van der Waals surface area contributed by atoms with Gasteiger partial charge in [0, 0.05) is 10.9 Å². The number of carboxylic acids is 1. The molecule has 0 spiro atoms. The van der Waals surface area contributed by atoms with Crippen LogP contribution in [-0.4, -0.2) is 79.8 Å². The average molecular weight is 479 g/mol. The smallest absolute Gasteiger partial charge is 0.335 e. The number of aromatic amines is 1. The molecule has 1 aromatic heterocycles. The van der Waals surface area contributed by atoms with Gasteiger partial charge in [-0.05, 0) is 37.0 Å². The molecule has 6 N–H and O–H groups in total. The minimum atomic E-state index is -1.89. The average Bonchev–Trinajstić information content (AvgIpc) is 3.19. The van der Waals surface area contributed by atoms with E-state index >= 15 is 0 Å². The fourth-order valence-electron chi connectivity index (χ4n) is 4.89. The summed E-state index contributed by atoms with van der Waals surface area (Å²) in [4.78, 5) is 27.6. The number of phenols is 1. The first-order chi connectivity index (χ1) is 16.1. The number of ether oxygens (including phenoxy) is 3. The van der Waals surface area contributed by atoms with E-state index in [2.05, 4.69) is 4.98 Å². The lowest BCUT2D eigenvalue weighted by Gasteiger charge is -2.39. The highest BCUT2D eigenvalue weighted by Gasteiger charge is 2.49. The summed E-state index contributed by atoms with van der Waals surface area (Å²) >= 11 is 0. The van der Waals surface area contributed by atoms with Crippen molar-refractivity contribution in [2.45, 2.75) is 75.8 Å². The molecule has 2 aromatic rings. The summed E-state index contributed by atoms with van der Waals surface area (Å²) in [5, 5.41) is 50.3. The molecule has 6 atom stereocenters. The SMILES string of the molecule is CCc1c(O)ccc2c3c([nH]c12)[C@](CC)(CC(=O)O[C@@H]1O[C@H](C(=O)O)[C@@H](O)[C@H](O)[C@H]1O)OCC3. The molecule has 1 saturated heterocycles. The lowest BCUT2D eigenvalue weighted by Crippen LogP contribution is -2.60. The van der Waals surface area contributed by atoms with Gasteiger partial charge in [0.25, 0.3) is 0 Å². The molecule has 1 aromatic carbocycles. The highest BCUT2D eigenvalue weighted by molar-refractivity contribution is 5.90. The van der Waals surface area contributed by atoms with Gasteiger partial charge in [0.15, 0.2) is 6.10 Å². The molecule has 0 bridgehead atoms. The maximum atomic E-state index is 12.9. The van der Waals surface area contributed by atoms with E-state index in [-0.39, 0.29) is 12.2 Å². The Hall–Kier alpha value is -2.70. The molecule has 186 valence electrons. The van der Waals surface area contributed by atoms with Crippen molar-refractivity contribution in [2.75, 3.05) is 6.61 Å². The van der Waals surface area contributed by atoms with E-state index < -0.39 is 48.2 Å². The first kappa shape index (κ1) is 24.4. The van der Waals surface area contributed by atoms with Crippen molar-refractivity contribution in [3.63, 3.8) is 0 Å². The minimum Gasteiger partial charge on any atom is -0.508 e. The monoisotopic (exact) mass is 479 g/mol. The molecule has 1 fully saturated rings. The van der Waals surface area contributed by atoms with E-state index in [0.29, 0.717) is 31.6 Å². The maximum Gasteiger partial charge on any atom is 0.335 e. The van der Waals surface area contributed by atoms with Crippen LogP contribution in [0.5, 0.6) is 5.75 Å². The Morgan fingerprint density at radius 2 is 1.91 bits per heavy atom. The molecule has 0 amide bonds. The van der Waals surface area contributed by atoms with Gasteiger partial charge in [0.2, 0.25) is 6.29 Å². The molecule has 0 radical (unpaired) electrons. The van der Waals surface area contributed by atoms with Crippen LogP contribution in [0.15, 0.2) is 12.1 Å². The maximum absolute atomic E-state index is 12.9. The number of aliphatic hydroxyl groups excluding tert-OH is 3. The summed E-state index contributed by atoms with van der Waals surface area (Å²) in [5.74, 6) is -2.24. The van der Waals surface area contributed by atoms with E-state index in [1.54, 1.807) is 6.07 Å². The topological polar surface area (TPSA) is 179 Å². The normalized spacial score (nSPS) is 31.3. The van der Waals surface area contributed by atoms with Crippen molar-refractivity contribution >= 4 is 22.8 Å². The third kappa shape index (κ3) is 3.93. The van der Waals surface area contributed by atoms with Gasteiger partial charge in [-0.1, -0.05) is 13.8 Å². The Morgan fingerprint density at radius 3 is 2.56 bits per heavy atom. The molecule has 11 nitrogen and oxygen atoms in total. The van der Waals surface area contributed by atoms with Crippen molar-refractivity contribution in [2.24, 2.45) is 0 Å². The number of carbonyl (C=O) groups is 2. The number of aromatic hydroxyl groups is 1. The van der Waals surface area contributed by atoms with Crippen molar-refractivity contribution in [1.82, 2.24) is 4.98 Å². The summed E-state index contributed by atoms with van der Waals surface area (Å²) in [5.41, 5.74) is 2.11. The zero-order valence-corrected chi connectivity index (χ0v) is 18.9. The molecular weight excluding hydrogens is 450 g/mol. The fraction of sp³-hybridized carbons (Fsp3) is 0.565. The van der Waals surface area contributed by atoms with Crippen LogP contribution < -0.4 is 0 Å². The van der Waals surface area contributed by atoms with Crippen LogP contribution in [0.4, 0.5) is 0 Å². The number of carbonyl (C=O) groups excluding carboxylic acids is 1. The van der Waals surface area contributed by atoms with Gasteiger partial charge < -0.3 is 44.7 Å². The standard InChI is InChI=1S/C23H29NO10/c1-3-10-13(25)6-5-11-12-7-8-32-23(4-2,20(12)24-15(10)11)9-14(26)33-22-18(29)16(27)17(28)19(34-22)21(30)31/h5-6,16-19,22,24-25,27-29H,3-4,7-9H2,1-2H3,(H,30,31)/t16-,17-,18+,19-,22+,23-/m0/s1. The largest absolute Gasteiger partial charge is 0.508 e. The Kier molecular flexibility index (Phi) is 6.58. The summed E-state index contributed by atoms with van der Waals surface area (Å²) in [6.07, 6.45) is -7.93. The predicted octanol–water partition coefficient (Wildman–Crippen LogP) is 0.439. The van der Waals surface area contributed by atoms with Gasteiger partial charge in [0.05, 0.1) is 24.2 Å². The second kappa shape index (κ2) is 9.16. The summed E-state index contributed by atoms with van der Waals surface area (Å²) in [6, 6.07) is 3.47. The number of phenolic OH excluding ortho intramolecular Hbond substituents is 1. The van der Waals surface area contributed by atoms with Gasteiger partial charge in [0.1, 0.15) is 29.7 Å². The van der Waals surface area contributed by atoms with Crippen molar-refractivity contribution in [3.05, 3.63) is 29.0 Å². The third-order valence-electron chi connectivity index (χ3n) is 6.77. The highest BCUT2D eigenvalue weighted by Crippen LogP contribution is 2.43. The van der Waals surface area contributed by atoms with Gasteiger partial charge in [-0.25, -0.2) is 4.79 Å². The second-order valence-electron chi connectivity index (χ2n) is 8.67. The van der Waals surface area contributed by atoms with Crippen molar-refractivity contribution < 1.29 is 49.3 Å². The molecule has 0 unspecified atom stereocenters. The zero-order chi connectivity index (χ0) is 24.8. The minimum absolute atomic E-state index is 0.174. The predicted molar refractivity (Wildman–Crippen MR) is 116 cm³/mol. The molecular formula is C23H29NO10. The first-order valence-corrected chi connectivity index (χ1v) is 11.2. The van der Waals surface area contributed by atoms with E-state index in [0.717, 1.165) is 22.0 Å². The van der Waals surface area contributed by atoms with Crippen LogP contribution in [0, 0.1) is 0 Å². The number of benzene rings is 1. The van der Waals surface area contributed by atoms with Crippen LogP contribution in [0.3, 0.4) is 0 Å². The molecule has 2 aliphatic heterocycles.